The van der Waals surface area contributed by atoms with E-state index in [0.29, 0.717) is 5.78 Å². The molecule has 7 heteroatoms. The van der Waals surface area contributed by atoms with Crippen LogP contribution in [0.2, 0.25) is 0 Å². The first-order valence-electron chi connectivity index (χ1n) is 6.30. The second kappa shape index (κ2) is 5.92. The molecular formula is C14H12N4O2S. The molecule has 0 aliphatic rings. The summed E-state index contributed by atoms with van der Waals surface area (Å²) in [6, 6.07) is 10.1. The van der Waals surface area contributed by atoms with Crippen LogP contribution in [0.1, 0.15) is 11.4 Å². The van der Waals surface area contributed by atoms with Crippen molar-refractivity contribution in [2.45, 2.75) is 17.1 Å². The predicted molar refractivity (Wildman–Crippen MR) is 78.1 cm³/mol. The molecule has 0 aliphatic heterocycles. The number of aromatic nitrogens is 4. The molecule has 0 bridgehead atoms. The molecule has 0 radical (unpaired) electrons. The largest absolute Gasteiger partial charge is 0.481 e. The summed E-state index contributed by atoms with van der Waals surface area (Å²) in [4.78, 5) is 19.9. The average molecular weight is 300 g/mol. The van der Waals surface area contributed by atoms with Gasteiger partial charge in [-0.1, -0.05) is 30.3 Å². The minimum Gasteiger partial charge on any atom is -0.481 e. The topological polar surface area (TPSA) is 80.4 Å². The molecule has 0 aliphatic carbocycles. The van der Waals surface area contributed by atoms with Crippen LogP contribution in [0.3, 0.4) is 0 Å². The molecule has 6 nitrogen and oxygen atoms in total. The first-order valence-corrected chi connectivity index (χ1v) is 7.29. The summed E-state index contributed by atoms with van der Waals surface area (Å²) in [5, 5.41) is 12.9. The normalized spacial score (nSPS) is 10.9. The first kappa shape index (κ1) is 13.6. The zero-order valence-corrected chi connectivity index (χ0v) is 11.8. The molecule has 2 heterocycles. The van der Waals surface area contributed by atoms with Gasteiger partial charge in [-0.15, -0.1) is 16.9 Å². The third-order valence-electron chi connectivity index (χ3n) is 2.77. The lowest BCUT2D eigenvalue weighted by Gasteiger charge is -2.01. The van der Waals surface area contributed by atoms with Crippen molar-refractivity contribution in [1.29, 1.82) is 0 Å². The maximum Gasteiger partial charge on any atom is 0.311 e. The Labute approximate surface area is 124 Å². The number of carboxylic acid groups (broad SMARTS) is 1. The number of hydrogen-bond acceptors (Lipinski definition) is 5. The van der Waals surface area contributed by atoms with Crippen molar-refractivity contribution in [2.24, 2.45) is 0 Å². The molecule has 0 saturated heterocycles. The summed E-state index contributed by atoms with van der Waals surface area (Å²) in [6.07, 6.45) is 3.34. The van der Waals surface area contributed by atoms with Crippen molar-refractivity contribution in [3.05, 3.63) is 54.1 Å². The van der Waals surface area contributed by atoms with Gasteiger partial charge in [0.15, 0.2) is 5.82 Å². The van der Waals surface area contributed by atoms with Crippen LogP contribution in [0.25, 0.3) is 5.78 Å². The van der Waals surface area contributed by atoms with Gasteiger partial charge in [0, 0.05) is 23.0 Å². The Hall–Kier alpha value is -2.41. The molecule has 0 atom stereocenters. The molecule has 1 N–H and O–H groups in total. The van der Waals surface area contributed by atoms with Crippen LogP contribution >= 0.6 is 11.8 Å². The summed E-state index contributed by atoms with van der Waals surface area (Å²) in [6.45, 7) is 0. The number of nitrogens with zero attached hydrogens (tertiary/aromatic N) is 4. The molecular weight excluding hydrogens is 288 g/mol. The zero-order chi connectivity index (χ0) is 14.7. The van der Waals surface area contributed by atoms with E-state index in [1.807, 2.05) is 24.4 Å². The van der Waals surface area contributed by atoms with Gasteiger partial charge in [-0.25, -0.2) is 9.50 Å². The number of carboxylic acids is 1. The van der Waals surface area contributed by atoms with Gasteiger partial charge in [0.1, 0.15) is 6.42 Å². The van der Waals surface area contributed by atoms with Crippen molar-refractivity contribution in [3.63, 3.8) is 0 Å². The number of aliphatic carboxylic acids is 1. The van der Waals surface area contributed by atoms with Gasteiger partial charge in [0.25, 0.3) is 5.78 Å². The Balaban J connectivity index is 1.76. The van der Waals surface area contributed by atoms with E-state index in [4.69, 9.17) is 5.11 Å². The van der Waals surface area contributed by atoms with E-state index in [-0.39, 0.29) is 12.2 Å². The third-order valence-corrected chi connectivity index (χ3v) is 3.79. The minimum absolute atomic E-state index is 0.199. The second-order valence-corrected chi connectivity index (χ2v) is 5.46. The van der Waals surface area contributed by atoms with Gasteiger partial charge in [-0.2, -0.15) is 4.98 Å². The number of rotatable bonds is 5. The molecule has 0 saturated carbocycles. The maximum absolute atomic E-state index is 10.7. The van der Waals surface area contributed by atoms with E-state index in [2.05, 4.69) is 27.2 Å². The standard InChI is InChI=1S/C14H12N4O2S/c19-13(20)6-12-16-14-15-7-11(8-18(14)17-12)21-9-10-4-2-1-3-5-10/h1-5,7-8H,6,9H2,(H,19,20). The quantitative estimate of drug-likeness (QED) is 0.726. The highest BCUT2D eigenvalue weighted by Gasteiger charge is 2.09. The monoisotopic (exact) mass is 300 g/mol. The van der Waals surface area contributed by atoms with E-state index >= 15 is 0 Å². The Kier molecular flexibility index (Phi) is 3.83. The Morgan fingerprint density at radius 3 is 2.86 bits per heavy atom. The van der Waals surface area contributed by atoms with Gasteiger partial charge in [-0.05, 0) is 5.56 Å². The summed E-state index contributed by atoms with van der Waals surface area (Å²) < 4.78 is 1.52. The number of fused-ring (bicyclic) bond motifs is 1. The summed E-state index contributed by atoms with van der Waals surface area (Å²) in [5.74, 6) is 0.560. The van der Waals surface area contributed by atoms with Crippen molar-refractivity contribution in [3.8, 4) is 0 Å². The van der Waals surface area contributed by atoms with E-state index in [0.717, 1.165) is 10.6 Å². The molecule has 0 unspecified atom stereocenters. The lowest BCUT2D eigenvalue weighted by Crippen LogP contribution is -2.01. The van der Waals surface area contributed by atoms with E-state index in [1.54, 1.807) is 18.0 Å². The fourth-order valence-electron chi connectivity index (χ4n) is 1.83. The Morgan fingerprint density at radius 2 is 2.10 bits per heavy atom. The van der Waals surface area contributed by atoms with E-state index < -0.39 is 5.97 Å². The average Bonchev–Trinajstić information content (AvgIpc) is 2.86. The van der Waals surface area contributed by atoms with Crippen LogP contribution in [0.15, 0.2) is 47.6 Å². The van der Waals surface area contributed by atoms with Crippen molar-refractivity contribution in [2.75, 3.05) is 0 Å². The van der Waals surface area contributed by atoms with Crippen LogP contribution in [-0.2, 0) is 17.0 Å². The molecule has 0 spiro atoms. The SMILES string of the molecule is O=C(O)Cc1nc2ncc(SCc3ccccc3)cn2n1. The van der Waals surface area contributed by atoms with Gasteiger partial charge >= 0.3 is 5.97 Å². The highest BCUT2D eigenvalue weighted by atomic mass is 32.2. The third kappa shape index (κ3) is 3.38. The van der Waals surface area contributed by atoms with Crippen LogP contribution < -0.4 is 0 Å². The van der Waals surface area contributed by atoms with Crippen molar-refractivity contribution < 1.29 is 9.90 Å². The summed E-state index contributed by atoms with van der Waals surface area (Å²) in [5.41, 5.74) is 1.23. The lowest BCUT2D eigenvalue weighted by atomic mass is 10.2. The maximum atomic E-state index is 10.7. The number of thioether (sulfide) groups is 1. The van der Waals surface area contributed by atoms with Crippen molar-refractivity contribution in [1.82, 2.24) is 19.6 Å². The van der Waals surface area contributed by atoms with Gasteiger partial charge in [-0.3, -0.25) is 4.79 Å². The van der Waals surface area contributed by atoms with Crippen LogP contribution in [0.5, 0.6) is 0 Å². The number of benzene rings is 1. The molecule has 2 aromatic heterocycles. The first-order chi connectivity index (χ1) is 10.2. The highest BCUT2D eigenvalue weighted by Crippen LogP contribution is 2.21. The van der Waals surface area contributed by atoms with Crippen LogP contribution in [-0.4, -0.2) is 30.7 Å². The predicted octanol–water partition coefficient (Wildman–Crippen LogP) is 2.04. The molecule has 21 heavy (non-hydrogen) atoms. The molecule has 1 aromatic carbocycles. The molecule has 106 valence electrons. The zero-order valence-electron chi connectivity index (χ0n) is 11.0. The molecule has 0 fully saturated rings. The smallest absolute Gasteiger partial charge is 0.311 e. The Morgan fingerprint density at radius 1 is 1.29 bits per heavy atom. The van der Waals surface area contributed by atoms with Gasteiger partial charge in [0.2, 0.25) is 0 Å². The van der Waals surface area contributed by atoms with Crippen molar-refractivity contribution >= 4 is 23.5 Å². The molecule has 3 aromatic rings. The van der Waals surface area contributed by atoms with E-state index in [9.17, 15) is 4.79 Å². The summed E-state index contributed by atoms with van der Waals surface area (Å²) >= 11 is 1.64. The summed E-state index contributed by atoms with van der Waals surface area (Å²) in [7, 11) is 0. The fraction of sp³-hybridized carbons (Fsp3) is 0.143. The van der Waals surface area contributed by atoms with Gasteiger partial charge in [0.05, 0.1) is 0 Å². The van der Waals surface area contributed by atoms with Gasteiger partial charge < -0.3 is 5.11 Å². The van der Waals surface area contributed by atoms with E-state index in [1.165, 1.54) is 10.1 Å². The van der Waals surface area contributed by atoms with Crippen LogP contribution in [0, 0.1) is 0 Å². The Bertz CT molecular complexity index is 773. The number of carbonyl (C=O) groups is 1. The number of hydrogen-bond donors (Lipinski definition) is 1. The lowest BCUT2D eigenvalue weighted by molar-refractivity contribution is -0.136. The van der Waals surface area contributed by atoms with Crippen LogP contribution in [0.4, 0.5) is 0 Å². The minimum atomic E-state index is -0.954. The molecule has 0 amide bonds. The highest BCUT2D eigenvalue weighted by molar-refractivity contribution is 7.98. The molecule has 3 rings (SSSR count). The second-order valence-electron chi connectivity index (χ2n) is 4.41. The fourth-order valence-corrected chi connectivity index (χ4v) is 2.66.